The Bertz CT molecular complexity index is 333. The molecular formula is C12H17BrFNO. The molecule has 1 aromatic rings. The van der Waals surface area contributed by atoms with Crippen LogP contribution >= 0.6 is 15.9 Å². The summed E-state index contributed by atoms with van der Waals surface area (Å²) in [5.74, 6) is -0.208. The number of benzene rings is 1. The average molecular weight is 290 g/mol. The molecule has 4 heteroatoms. The number of hydrogen-bond donors (Lipinski definition) is 1. The van der Waals surface area contributed by atoms with Crippen LogP contribution in [0.4, 0.5) is 4.39 Å². The molecule has 0 aliphatic heterocycles. The average Bonchev–Trinajstić information content (AvgIpc) is 2.25. The van der Waals surface area contributed by atoms with Crippen LogP contribution in [-0.2, 0) is 4.74 Å². The van der Waals surface area contributed by atoms with Gasteiger partial charge in [0.15, 0.2) is 0 Å². The number of methoxy groups -OCH3 is 1. The lowest BCUT2D eigenvalue weighted by Gasteiger charge is -2.18. The third kappa shape index (κ3) is 3.85. The molecule has 1 atom stereocenters. The summed E-state index contributed by atoms with van der Waals surface area (Å²) in [6.45, 7) is 3.40. The Labute approximate surface area is 104 Å². The lowest BCUT2D eigenvalue weighted by Crippen LogP contribution is -2.26. The molecule has 0 amide bonds. The molecule has 0 aliphatic carbocycles. The molecule has 0 saturated carbocycles. The second-order valence-electron chi connectivity index (χ2n) is 3.63. The van der Waals surface area contributed by atoms with Crippen LogP contribution in [0, 0.1) is 5.82 Å². The number of halogens is 2. The highest BCUT2D eigenvalue weighted by atomic mass is 79.9. The monoisotopic (exact) mass is 289 g/mol. The largest absolute Gasteiger partial charge is 0.383 e. The Balaban J connectivity index is 2.82. The molecule has 0 heterocycles. The Morgan fingerprint density at radius 3 is 2.81 bits per heavy atom. The van der Waals surface area contributed by atoms with Gasteiger partial charge in [-0.2, -0.15) is 0 Å². The minimum atomic E-state index is -0.208. The van der Waals surface area contributed by atoms with Crippen molar-refractivity contribution in [2.24, 2.45) is 0 Å². The van der Waals surface area contributed by atoms with Crippen LogP contribution < -0.4 is 5.32 Å². The van der Waals surface area contributed by atoms with Crippen molar-refractivity contribution < 1.29 is 9.13 Å². The minimum Gasteiger partial charge on any atom is -0.383 e. The van der Waals surface area contributed by atoms with Crippen molar-refractivity contribution in [2.45, 2.75) is 19.4 Å². The summed E-state index contributed by atoms with van der Waals surface area (Å²) in [6.07, 6.45) is 1.01. The van der Waals surface area contributed by atoms with Crippen molar-refractivity contribution in [2.75, 3.05) is 20.3 Å². The van der Waals surface area contributed by atoms with Crippen molar-refractivity contribution in [3.63, 3.8) is 0 Å². The van der Waals surface area contributed by atoms with Crippen LogP contribution in [0.1, 0.15) is 24.9 Å². The van der Waals surface area contributed by atoms with Crippen molar-refractivity contribution >= 4 is 15.9 Å². The fourth-order valence-corrected chi connectivity index (χ4v) is 1.86. The van der Waals surface area contributed by atoms with E-state index in [4.69, 9.17) is 4.74 Å². The Morgan fingerprint density at radius 2 is 2.25 bits per heavy atom. The van der Waals surface area contributed by atoms with E-state index in [0.717, 1.165) is 17.4 Å². The van der Waals surface area contributed by atoms with Crippen molar-refractivity contribution in [1.29, 1.82) is 0 Å². The van der Waals surface area contributed by atoms with Crippen LogP contribution in [0.25, 0.3) is 0 Å². The highest BCUT2D eigenvalue weighted by Gasteiger charge is 2.14. The lowest BCUT2D eigenvalue weighted by atomic mass is 10.1. The lowest BCUT2D eigenvalue weighted by molar-refractivity contribution is 0.165. The molecule has 0 saturated heterocycles. The van der Waals surface area contributed by atoms with Crippen molar-refractivity contribution in [1.82, 2.24) is 5.32 Å². The smallest absolute Gasteiger partial charge is 0.129 e. The van der Waals surface area contributed by atoms with E-state index in [0.29, 0.717) is 12.2 Å². The molecule has 1 N–H and O–H groups in total. The molecule has 16 heavy (non-hydrogen) atoms. The topological polar surface area (TPSA) is 21.3 Å². The number of rotatable bonds is 6. The van der Waals surface area contributed by atoms with Crippen LogP contribution in [0.2, 0.25) is 0 Å². The predicted octanol–water partition coefficient (Wildman–Crippen LogP) is 3.28. The first kappa shape index (κ1) is 13.6. The highest BCUT2D eigenvalue weighted by molar-refractivity contribution is 9.10. The van der Waals surface area contributed by atoms with Gasteiger partial charge in [-0.15, -0.1) is 0 Å². The fraction of sp³-hybridized carbons (Fsp3) is 0.500. The summed E-state index contributed by atoms with van der Waals surface area (Å²) in [6, 6.07) is 5.02. The van der Waals surface area contributed by atoms with Gasteiger partial charge in [-0.05, 0) is 25.1 Å². The van der Waals surface area contributed by atoms with Crippen molar-refractivity contribution in [3.8, 4) is 0 Å². The third-order valence-electron chi connectivity index (χ3n) is 2.31. The minimum absolute atomic E-state index is 0.0851. The van der Waals surface area contributed by atoms with Gasteiger partial charge in [0.1, 0.15) is 5.82 Å². The molecule has 0 radical (unpaired) electrons. The van der Waals surface area contributed by atoms with Crippen molar-refractivity contribution in [3.05, 3.63) is 34.1 Å². The molecule has 0 fully saturated rings. The molecule has 0 aromatic heterocycles. The summed E-state index contributed by atoms with van der Waals surface area (Å²) >= 11 is 3.25. The summed E-state index contributed by atoms with van der Waals surface area (Å²) in [7, 11) is 1.62. The maximum atomic E-state index is 13.7. The van der Waals surface area contributed by atoms with Gasteiger partial charge >= 0.3 is 0 Å². The normalized spacial score (nSPS) is 12.8. The van der Waals surface area contributed by atoms with E-state index in [9.17, 15) is 4.39 Å². The molecule has 1 unspecified atom stereocenters. The summed E-state index contributed by atoms with van der Waals surface area (Å²) < 4.78 is 19.6. The van der Waals surface area contributed by atoms with E-state index < -0.39 is 0 Å². The molecule has 0 aliphatic rings. The van der Waals surface area contributed by atoms with E-state index in [2.05, 4.69) is 28.2 Å². The Kier molecular flexibility index (Phi) is 5.95. The highest BCUT2D eigenvalue weighted by Crippen LogP contribution is 2.21. The Hall–Kier alpha value is -0.450. The van der Waals surface area contributed by atoms with Crippen LogP contribution in [0.15, 0.2) is 22.7 Å². The van der Waals surface area contributed by atoms with Gasteiger partial charge in [0.25, 0.3) is 0 Å². The molecule has 1 rings (SSSR count). The maximum Gasteiger partial charge on any atom is 0.129 e. The molecule has 1 aromatic carbocycles. The van der Waals surface area contributed by atoms with Gasteiger partial charge in [0, 0.05) is 17.1 Å². The van der Waals surface area contributed by atoms with Crippen LogP contribution in [0.5, 0.6) is 0 Å². The second kappa shape index (κ2) is 6.99. The molecule has 90 valence electrons. The zero-order valence-corrected chi connectivity index (χ0v) is 11.2. The van der Waals surface area contributed by atoms with Gasteiger partial charge < -0.3 is 10.1 Å². The second-order valence-corrected chi connectivity index (χ2v) is 4.54. The van der Waals surface area contributed by atoms with Gasteiger partial charge in [-0.25, -0.2) is 4.39 Å². The third-order valence-corrected chi connectivity index (χ3v) is 2.81. The predicted molar refractivity (Wildman–Crippen MR) is 67.0 cm³/mol. The van der Waals surface area contributed by atoms with E-state index in [-0.39, 0.29) is 11.9 Å². The number of ether oxygens (including phenoxy) is 1. The fourth-order valence-electron chi connectivity index (χ4n) is 1.53. The zero-order chi connectivity index (χ0) is 12.0. The molecule has 0 bridgehead atoms. The SMILES string of the molecule is CCCNC(COC)c1ccc(Br)cc1F. The van der Waals surface area contributed by atoms with Gasteiger partial charge in [0.2, 0.25) is 0 Å². The van der Waals surface area contributed by atoms with E-state index >= 15 is 0 Å². The molecule has 2 nitrogen and oxygen atoms in total. The van der Waals surface area contributed by atoms with E-state index in [1.165, 1.54) is 6.07 Å². The van der Waals surface area contributed by atoms with Gasteiger partial charge in [-0.1, -0.05) is 28.9 Å². The quantitative estimate of drug-likeness (QED) is 0.868. The molecule has 0 spiro atoms. The first-order valence-electron chi connectivity index (χ1n) is 5.36. The number of nitrogens with one attached hydrogen (secondary N) is 1. The van der Waals surface area contributed by atoms with Crippen LogP contribution in [0.3, 0.4) is 0 Å². The summed E-state index contributed by atoms with van der Waals surface area (Å²) in [4.78, 5) is 0. The first-order chi connectivity index (χ1) is 7.69. The first-order valence-corrected chi connectivity index (χ1v) is 6.15. The van der Waals surface area contributed by atoms with E-state index in [1.807, 2.05) is 6.07 Å². The maximum absolute atomic E-state index is 13.7. The standard InChI is InChI=1S/C12H17BrFNO/c1-3-6-15-12(8-16-2)10-5-4-9(13)7-11(10)14/h4-5,7,12,15H,3,6,8H2,1-2H3. The van der Waals surface area contributed by atoms with Crippen LogP contribution in [-0.4, -0.2) is 20.3 Å². The Morgan fingerprint density at radius 1 is 1.50 bits per heavy atom. The van der Waals surface area contributed by atoms with Gasteiger partial charge in [0.05, 0.1) is 12.6 Å². The number of hydrogen-bond acceptors (Lipinski definition) is 2. The van der Waals surface area contributed by atoms with Gasteiger partial charge in [-0.3, -0.25) is 0 Å². The summed E-state index contributed by atoms with van der Waals surface area (Å²) in [5, 5.41) is 3.27. The zero-order valence-electron chi connectivity index (χ0n) is 9.59. The molecular weight excluding hydrogens is 273 g/mol. The van der Waals surface area contributed by atoms with E-state index in [1.54, 1.807) is 13.2 Å². The summed E-state index contributed by atoms with van der Waals surface area (Å²) in [5.41, 5.74) is 0.651.